The largest absolute Gasteiger partial charge is 0.466 e. The molecule has 0 radical (unpaired) electrons. The van der Waals surface area contributed by atoms with Gasteiger partial charge in [0.15, 0.2) is 0 Å². The third-order valence-corrected chi connectivity index (χ3v) is 4.64. The number of furan rings is 1. The summed E-state index contributed by atoms with van der Waals surface area (Å²) < 4.78 is 18.0. The zero-order valence-electron chi connectivity index (χ0n) is 12.7. The number of halogens is 1. The molecule has 0 spiro atoms. The van der Waals surface area contributed by atoms with Gasteiger partial charge in [0.25, 0.3) is 0 Å². The van der Waals surface area contributed by atoms with Crippen LogP contribution in [-0.4, -0.2) is 11.0 Å². The normalized spacial score (nSPS) is 12.1. The fourth-order valence-electron chi connectivity index (χ4n) is 2.26. The van der Waals surface area contributed by atoms with Crippen LogP contribution in [0, 0.1) is 5.82 Å². The van der Waals surface area contributed by atoms with Crippen LogP contribution in [-0.2, 0) is 17.8 Å². The van der Waals surface area contributed by atoms with Crippen molar-refractivity contribution in [1.29, 1.82) is 0 Å². The molecule has 0 aliphatic rings. The Hall–Kier alpha value is -2.44. The average Bonchev–Trinajstić information content (AvgIpc) is 3.26. The van der Waals surface area contributed by atoms with Crippen LogP contribution >= 0.6 is 11.3 Å². The molecule has 1 aromatic carbocycles. The number of carbonyl (C=O) groups is 1. The Balaban J connectivity index is 1.53. The summed E-state index contributed by atoms with van der Waals surface area (Å²) in [5.74, 6) is 0.0345. The Labute approximate surface area is 142 Å². The predicted octanol–water partition coefficient (Wildman–Crippen LogP) is 3.42. The number of hydrogen-bond donors (Lipinski definition) is 2. The van der Waals surface area contributed by atoms with Crippen molar-refractivity contribution in [2.75, 3.05) is 0 Å². The van der Waals surface area contributed by atoms with E-state index in [-0.39, 0.29) is 18.1 Å². The van der Waals surface area contributed by atoms with Gasteiger partial charge in [-0.1, -0.05) is 12.1 Å². The van der Waals surface area contributed by atoms with Crippen molar-refractivity contribution in [3.05, 3.63) is 81.7 Å². The summed E-state index contributed by atoms with van der Waals surface area (Å²) in [4.78, 5) is 13.6. The molecule has 0 unspecified atom stereocenters. The maximum absolute atomic E-state index is 12.8. The highest BCUT2D eigenvalue weighted by molar-refractivity contribution is 7.12. The minimum absolute atomic E-state index is 0.136. The summed E-state index contributed by atoms with van der Waals surface area (Å²) in [5.41, 5.74) is 0.758. The second-order valence-corrected chi connectivity index (χ2v) is 6.50. The molecule has 0 saturated heterocycles. The van der Waals surface area contributed by atoms with Crippen molar-refractivity contribution < 1.29 is 18.7 Å². The van der Waals surface area contributed by atoms with Crippen molar-refractivity contribution in [3.63, 3.8) is 0 Å². The molecule has 0 aliphatic heterocycles. The molecular weight excluding hydrogens is 329 g/mol. The summed E-state index contributed by atoms with van der Waals surface area (Å²) >= 11 is 1.42. The first-order chi connectivity index (χ1) is 11.6. The molecule has 24 heavy (non-hydrogen) atoms. The standard InChI is InChI=1S/C18H16FNO3S/c19-13-5-3-12(4-6-13)10-17(21)20-11-14-7-8-16(24-14)18(22)15-2-1-9-23-15/h1-9,18,22H,10-11H2,(H,20,21)/t18-/m1/s1. The molecule has 3 aromatic rings. The first-order valence-electron chi connectivity index (χ1n) is 7.43. The summed E-state index contributed by atoms with van der Waals surface area (Å²) in [6, 6.07) is 13.0. The van der Waals surface area contributed by atoms with Crippen LogP contribution < -0.4 is 5.32 Å². The van der Waals surface area contributed by atoms with E-state index in [1.165, 1.54) is 29.7 Å². The van der Waals surface area contributed by atoms with Crippen LogP contribution in [0.1, 0.15) is 27.2 Å². The maximum atomic E-state index is 12.8. The van der Waals surface area contributed by atoms with Crippen molar-refractivity contribution in [2.24, 2.45) is 0 Å². The molecule has 2 aromatic heterocycles. The van der Waals surface area contributed by atoms with Crippen LogP contribution in [0.25, 0.3) is 0 Å². The zero-order chi connectivity index (χ0) is 16.9. The highest BCUT2D eigenvalue weighted by Crippen LogP contribution is 2.28. The van der Waals surface area contributed by atoms with Gasteiger partial charge in [-0.2, -0.15) is 0 Å². The highest BCUT2D eigenvalue weighted by atomic mass is 32.1. The maximum Gasteiger partial charge on any atom is 0.224 e. The molecular formula is C18H16FNO3S. The van der Waals surface area contributed by atoms with Crippen LogP contribution in [0.15, 0.2) is 59.2 Å². The minimum atomic E-state index is -0.798. The summed E-state index contributed by atoms with van der Waals surface area (Å²) in [7, 11) is 0. The molecule has 2 heterocycles. The van der Waals surface area contributed by atoms with E-state index in [1.54, 1.807) is 24.3 Å². The third-order valence-electron chi connectivity index (χ3n) is 3.50. The van der Waals surface area contributed by atoms with Gasteiger partial charge >= 0.3 is 0 Å². The van der Waals surface area contributed by atoms with Gasteiger partial charge in [0.1, 0.15) is 17.7 Å². The van der Waals surface area contributed by atoms with E-state index in [2.05, 4.69) is 5.32 Å². The topological polar surface area (TPSA) is 62.5 Å². The molecule has 0 bridgehead atoms. The molecule has 1 atom stereocenters. The Bertz CT molecular complexity index is 796. The van der Waals surface area contributed by atoms with Crippen molar-refractivity contribution in [2.45, 2.75) is 19.1 Å². The number of aliphatic hydroxyl groups excluding tert-OH is 1. The first-order valence-corrected chi connectivity index (χ1v) is 8.24. The minimum Gasteiger partial charge on any atom is -0.466 e. The van der Waals surface area contributed by atoms with E-state index in [0.29, 0.717) is 12.3 Å². The first kappa shape index (κ1) is 16.4. The number of nitrogens with one attached hydrogen (secondary N) is 1. The molecule has 0 saturated carbocycles. The quantitative estimate of drug-likeness (QED) is 0.719. The molecule has 124 valence electrons. The van der Waals surface area contributed by atoms with Crippen molar-refractivity contribution in [3.8, 4) is 0 Å². The third kappa shape index (κ3) is 4.10. The van der Waals surface area contributed by atoms with Crippen LogP contribution in [0.2, 0.25) is 0 Å². The number of carbonyl (C=O) groups excluding carboxylic acids is 1. The van der Waals surface area contributed by atoms with Crippen LogP contribution in [0.4, 0.5) is 4.39 Å². The van der Waals surface area contributed by atoms with Gasteiger partial charge in [-0.05, 0) is 42.0 Å². The Morgan fingerprint density at radius 3 is 2.71 bits per heavy atom. The van der Waals surface area contributed by atoms with Gasteiger partial charge in [-0.3, -0.25) is 4.79 Å². The van der Waals surface area contributed by atoms with Gasteiger partial charge < -0.3 is 14.8 Å². The van der Waals surface area contributed by atoms with Crippen molar-refractivity contribution >= 4 is 17.2 Å². The molecule has 2 N–H and O–H groups in total. The fraction of sp³-hybridized carbons (Fsp3) is 0.167. The fourth-order valence-corrected chi connectivity index (χ4v) is 3.21. The van der Waals surface area contributed by atoms with E-state index in [1.807, 2.05) is 12.1 Å². The second-order valence-electron chi connectivity index (χ2n) is 5.30. The lowest BCUT2D eigenvalue weighted by Gasteiger charge is -2.05. The predicted molar refractivity (Wildman–Crippen MR) is 89.0 cm³/mol. The van der Waals surface area contributed by atoms with Crippen LogP contribution in [0.5, 0.6) is 0 Å². The molecule has 4 nitrogen and oxygen atoms in total. The molecule has 3 rings (SSSR count). The number of thiophene rings is 1. The summed E-state index contributed by atoms with van der Waals surface area (Å²) in [6.45, 7) is 0.384. The lowest BCUT2D eigenvalue weighted by atomic mass is 10.1. The number of benzene rings is 1. The Morgan fingerprint density at radius 1 is 1.21 bits per heavy atom. The van der Waals surface area contributed by atoms with E-state index in [9.17, 15) is 14.3 Å². The lowest BCUT2D eigenvalue weighted by molar-refractivity contribution is -0.120. The summed E-state index contributed by atoms with van der Waals surface area (Å²) in [6.07, 6.45) is 0.921. The van der Waals surface area contributed by atoms with E-state index in [4.69, 9.17) is 4.42 Å². The van der Waals surface area contributed by atoms with Gasteiger partial charge in [0.05, 0.1) is 19.2 Å². The molecule has 1 amide bonds. The molecule has 6 heteroatoms. The van der Waals surface area contributed by atoms with Gasteiger partial charge in [0.2, 0.25) is 5.91 Å². The average molecular weight is 345 g/mol. The lowest BCUT2D eigenvalue weighted by Crippen LogP contribution is -2.24. The number of rotatable bonds is 6. The van der Waals surface area contributed by atoms with E-state index >= 15 is 0 Å². The van der Waals surface area contributed by atoms with Gasteiger partial charge in [-0.25, -0.2) is 4.39 Å². The zero-order valence-corrected chi connectivity index (χ0v) is 13.6. The Kier molecular flexibility index (Phi) is 5.08. The number of aliphatic hydroxyl groups is 1. The van der Waals surface area contributed by atoms with E-state index in [0.717, 1.165) is 15.3 Å². The van der Waals surface area contributed by atoms with Gasteiger partial charge in [-0.15, -0.1) is 11.3 Å². The smallest absolute Gasteiger partial charge is 0.224 e. The van der Waals surface area contributed by atoms with Crippen LogP contribution in [0.3, 0.4) is 0 Å². The SMILES string of the molecule is O=C(Cc1ccc(F)cc1)NCc1ccc([C@H](O)c2ccco2)s1. The van der Waals surface area contributed by atoms with Gasteiger partial charge in [0, 0.05) is 9.75 Å². The monoisotopic (exact) mass is 345 g/mol. The number of hydrogen-bond acceptors (Lipinski definition) is 4. The number of amides is 1. The molecule has 0 fully saturated rings. The molecule has 0 aliphatic carbocycles. The summed E-state index contributed by atoms with van der Waals surface area (Å²) in [5, 5.41) is 13.0. The van der Waals surface area contributed by atoms with Crippen molar-refractivity contribution in [1.82, 2.24) is 5.32 Å². The highest BCUT2D eigenvalue weighted by Gasteiger charge is 2.15. The second kappa shape index (κ2) is 7.42. The van der Waals surface area contributed by atoms with E-state index < -0.39 is 6.10 Å². The Morgan fingerprint density at radius 2 is 2.00 bits per heavy atom.